The Balaban J connectivity index is 1.67. The van der Waals surface area contributed by atoms with E-state index in [-0.39, 0.29) is 0 Å². The van der Waals surface area contributed by atoms with Crippen LogP contribution in [0.15, 0.2) is 5.16 Å². The van der Waals surface area contributed by atoms with Crippen LogP contribution in [0.4, 0.5) is 0 Å². The Morgan fingerprint density at radius 3 is 2.74 bits per heavy atom. The molecule has 0 saturated carbocycles. The van der Waals surface area contributed by atoms with Gasteiger partial charge in [0.05, 0.1) is 12.2 Å². The van der Waals surface area contributed by atoms with E-state index in [2.05, 4.69) is 21.8 Å². The van der Waals surface area contributed by atoms with Gasteiger partial charge in [-0.15, -0.1) is 21.8 Å². The molecule has 2 bridgehead atoms. The van der Waals surface area contributed by atoms with Crippen molar-refractivity contribution < 1.29 is 4.74 Å². The summed E-state index contributed by atoms with van der Waals surface area (Å²) in [5.41, 5.74) is 0. The molecule has 1 aromatic rings. The second-order valence-corrected chi connectivity index (χ2v) is 6.86. The standard InChI is InChI=1S/C13H20ClN3OS/c1-17-12(15-16-13(17)19-6-2-5-14)9-7-10-3-4-11(8-9)18-10/h9-11H,2-8H2,1H3. The summed E-state index contributed by atoms with van der Waals surface area (Å²) in [5.74, 6) is 3.37. The molecule has 0 amide bonds. The Kier molecular flexibility index (Phi) is 4.34. The van der Waals surface area contributed by atoms with Crippen molar-refractivity contribution in [1.82, 2.24) is 14.8 Å². The maximum absolute atomic E-state index is 5.90. The van der Waals surface area contributed by atoms with Gasteiger partial charge in [0.2, 0.25) is 0 Å². The van der Waals surface area contributed by atoms with E-state index in [1.165, 1.54) is 12.8 Å². The van der Waals surface area contributed by atoms with E-state index < -0.39 is 0 Å². The molecule has 3 heterocycles. The fourth-order valence-corrected chi connectivity index (χ4v) is 4.24. The van der Waals surface area contributed by atoms with Crippen molar-refractivity contribution in [2.75, 3.05) is 11.6 Å². The normalized spacial score (nSPS) is 29.9. The number of aromatic nitrogens is 3. The van der Waals surface area contributed by atoms with Crippen LogP contribution >= 0.6 is 23.4 Å². The van der Waals surface area contributed by atoms with E-state index in [4.69, 9.17) is 16.3 Å². The Hall–Kier alpha value is -0.260. The fourth-order valence-electron chi connectivity index (χ4n) is 3.09. The van der Waals surface area contributed by atoms with Crippen molar-refractivity contribution in [2.45, 2.75) is 55.4 Å². The first-order valence-corrected chi connectivity index (χ1v) is 8.53. The van der Waals surface area contributed by atoms with Crippen LogP contribution in [0.5, 0.6) is 0 Å². The number of fused-ring (bicyclic) bond motifs is 2. The van der Waals surface area contributed by atoms with E-state index in [9.17, 15) is 0 Å². The molecule has 2 fully saturated rings. The SMILES string of the molecule is Cn1c(SCCCCl)nnc1C1CC2CCC(C1)O2. The predicted molar refractivity (Wildman–Crippen MR) is 76.9 cm³/mol. The summed E-state index contributed by atoms with van der Waals surface area (Å²) in [6.45, 7) is 0. The average molecular weight is 302 g/mol. The summed E-state index contributed by atoms with van der Waals surface area (Å²) in [7, 11) is 2.08. The number of hydrogen-bond acceptors (Lipinski definition) is 4. The second kappa shape index (κ2) is 6.02. The van der Waals surface area contributed by atoms with Crippen LogP contribution in [0.25, 0.3) is 0 Å². The first-order chi connectivity index (χ1) is 9.28. The lowest BCUT2D eigenvalue weighted by Crippen LogP contribution is -2.25. The summed E-state index contributed by atoms with van der Waals surface area (Å²) in [6, 6.07) is 0. The molecule has 0 aromatic carbocycles. The van der Waals surface area contributed by atoms with Crippen molar-refractivity contribution >= 4 is 23.4 Å². The third-order valence-electron chi connectivity index (χ3n) is 4.03. The molecule has 0 spiro atoms. The monoisotopic (exact) mass is 301 g/mol. The number of nitrogens with zero attached hydrogens (tertiary/aromatic N) is 3. The van der Waals surface area contributed by atoms with Crippen molar-refractivity contribution in [3.05, 3.63) is 5.82 Å². The van der Waals surface area contributed by atoms with E-state index >= 15 is 0 Å². The average Bonchev–Trinajstić information content (AvgIpc) is 2.94. The molecule has 0 N–H and O–H groups in total. The highest BCUT2D eigenvalue weighted by molar-refractivity contribution is 7.99. The van der Waals surface area contributed by atoms with Crippen molar-refractivity contribution in [3.8, 4) is 0 Å². The molecule has 2 aliphatic heterocycles. The number of alkyl halides is 1. The molecule has 1 aromatic heterocycles. The second-order valence-electron chi connectivity index (χ2n) is 5.42. The van der Waals surface area contributed by atoms with E-state index in [1.807, 2.05) is 0 Å². The minimum Gasteiger partial charge on any atom is -0.375 e. The molecule has 6 heteroatoms. The summed E-state index contributed by atoms with van der Waals surface area (Å²) in [4.78, 5) is 0. The number of ether oxygens (including phenoxy) is 1. The zero-order valence-electron chi connectivity index (χ0n) is 11.2. The molecule has 19 heavy (non-hydrogen) atoms. The van der Waals surface area contributed by atoms with Crippen molar-refractivity contribution in [2.24, 2.45) is 7.05 Å². The van der Waals surface area contributed by atoms with Crippen LogP contribution in [0.1, 0.15) is 43.8 Å². The Bertz CT molecular complexity index is 428. The van der Waals surface area contributed by atoms with E-state index in [1.54, 1.807) is 11.8 Å². The van der Waals surface area contributed by atoms with Crippen LogP contribution in [0, 0.1) is 0 Å². The largest absolute Gasteiger partial charge is 0.375 e. The van der Waals surface area contributed by atoms with Gasteiger partial charge in [0, 0.05) is 24.6 Å². The Morgan fingerprint density at radius 2 is 2.05 bits per heavy atom. The van der Waals surface area contributed by atoms with Gasteiger partial charge in [-0.3, -0.25) is 0 Å². The van der Waals surface area contributed by atoms with Crippen molar-refractivity contribution in [1.29, 1.82) is 0 Å². The predicted octanol–water partition coefficient (Wildman–Crippen LogP) is 2.96. The van der Waals surface area contributed by atoms with Gasteiger partial charge in [-0.25, -0.2) is 0 Å². The number of halogens is 1. The first-order valence-electron chi connectivity index (χ1n) is 7.01. The van der Waals surface area contributed by atoms with Crippen molar-refractivity contribution in [3.63, 3.8) is 0 Å². The highest BCUT2D eigenvalue weighted by Gasteiger charge is 2.37. The maximum atomic E-state index is 5.90. The molecular formula is C13H20ClN3OS. The zero-order valence-corrected chi connectivity index (χ0v) is 12.8. The minimum absolute atomic E-state index is 0.452. The number of thioether (sulfide) groups is 1. The maximum Gasteiger partial charge on any atom is 0.190 e. The van der Waals surface area contributed by atoms with Gasteiger partial charge >= 0.3 is 0 Å². The van der Waals surface area contributed by atoms with Crippen LogP contribution in [-0.2, 0) is 11.8 Å². The molecule has 3 rings (SSSR count). The first kappa shape index (κ1) is 13.7. The van der Waals surface area contributed by atoms with E-state index in [0.717, 1.165) is 36.0 Å². The van der Waals surface area contributed by atoms with Gasteiger partial charge in [-0.05, 0) is 32.1 Å². The quantitative estimate of drug-likeness (QED) is 0.476. The van der Waals surface area contributed by atoms with Crippen LogP contribution in [-0.4, -0.2) is 38.6 Å². The van der Waals surface area contributed by atoms with Gasteiger partial charge in [-0.2, -0.15) is 0 Å². The molecule has 2 unspecified atom stereocenters. The summed E-state index contributed by atoms with van der Waals surface area (Å²) < 4.78 is 8.06. The molecular weight excluding hydrogens is 282 g/mol. The van der Waals surface area contributed by atoms with Gasteiger partial charge in [0.1, 0.15) is 5.82 Å². The molecule has 2 aliphatic rings. The topological polar surface area (TPSA) is 39.9 Å². The lowest BCUT2D eigenvalue weighted by atomic mass is 9.95. The third-order valence-corrected chi connectivity index (χ3v) is 5.41. The van der Waals surface area contributed by atoms with Gasteiger partial charge in [0.25, 0.3) is 0 Å². The lowest BCUT2D eigenvalue weighted by Gasteiger charge is -2.27. The zero-order chi connectivity index (χ0) is 13.2. The molecule has 0 radical (unpaired) electrons. The molecule has 4 nitrogen and oxygen atoms in total. The van der Waals surface area contributed by atoms with Gasteiger partial charge in [-0.1, -0.05) is 11.8 Å². The highest BCUT2D eigenvalue weighted by atomic mass is 35.5. The summed E-state index contributed by atoms with van der Waals surface area (Å²) in [5, 5.41) is 9.76. The highest BCUT2D eigenvalue weighted by Crippen LogP contribution is 2.40. The summed E-state index contributed by atoms with van der Waals surface area (Å²) >= 11 is 7.45. The summed E-state index contributed by atoms with van der Waals surface area (Å²) in [6.07, 6.45) is 6.56. The van der Waals surface area contributed by atoms with Crippen LogP contribution < -0.4 is 0 Å². The van der Waals surface area contributed by atoms with E-state index in [0.29, 0.717) is 24.0 Å². The minimum atomic E-state index is 0.452. The molecule has 2 atom stereocenters. The Morgan fingerprint density at radius 1 is 1.32 bits per heavy atom. The number of rotatable bonds is 5. The lowest BCUT2D eigenvalue weighted by molar-refractivity contribution is -0.00554. The van der Waals surface area contributed by atoms with Gasteiger partial charge in [0.15, 0.2) is 5.16 Å². The molecule has 106 valence electrons. The van der Waals surface area contributed by atoms with Crippen LogP contribution in [0.2, 0.25) is 0 Å². The Labute approximate surface area is 123 Å². The van der Waals surface area contributed by atoms with Gasteiger partial charge < -0.3 is 9.30 Å². The number of hydrogen-bond donors (Lipinski definition) is 0. The fraction of sp³-hybridized carbons (Fsp3) is 0.846. The molecule has 2 saturated heterocycles. The molecule has 0 aliphatic carbocycles. The third kappa shape index (κ3) is 2.93. The van der Waals surface area contributed by atoms with Crippen LogP contribution in [0.3, 0.4) is 0 Å². The smallest absolute Gasteiger partial charge is 0.190 e.